The Kier molecular flexibility index (Phi) is 2.94. The summed E-state index contributed by atoms with van der Waals surface area (Å²) in [6.07, 6.45) is 6.21. The smallest absolute Gasteiger partial charge is 0.119 e. The number of rotatable bonds is 2. The maximum Gasteiger partial charge on any atom is 0.167 e. The zero-order valence-corrected chi connectivity index (χ0v) is 9.85. The van der Waals surface area contributed by atoms with Crippen LogP contribution in [0.5, 0.6) is 0 Å². The Hall–Kier alpha value is -0.195. The van der Waals surface area contributed by atoms with Gasteiger partial charge in [0.1, 0.15) is 0 Å². The standard InChI is InChI=1S/C12H23B/c1-6-7-8-13-9-11(2,3)12(4,5)10-13/h7-8H,6,9-10H2,1-5H3. The molecule has 0 amide bonds. The third-order valence-corrected chi connectivity index (χ3v) is 4.02. The van der Waals surface area contributed by atoms with Crippen LogP contribution in [-0.4, -0.2) is 6.71 Å². The Morgan fingerprint density at radius 3 is 1.92 bits per heavy atom. The number of hydrogen-bond acceptors (Lipinski definition) is 0. The fraction of sp³-hybridized carbons (Fsp3) is 0.833. The van der Waals surface area contributed by atoms with Crippen LogP contribution >= 0.6 is 0 Å². The van der Waals surface area contributed by atoms with E-state index < -0.39 is 0 Å². The van der Waals surface area contributed by atoms with Crippen LogP contribution < -0.4 is 0 Å². The van der Waals surface area contributed by atoms with Crippen molar-refractivity contribution in [1.82, 2.24) is 0 Å². The van der Waals surface area contributed by atoms with Crippen LogP contribution in [0, 0.1) is 10.8 Å². The zero-order chi connectivity index (χ0) is 10.1. The van der Waals surface area contributed by atoms with Gasteiger partial charge in [-0.2, -0.15) is 0 Å². The molecule has 1 fully saturated rings. The topological polar surface area (TPSA) is 0 Å². The first-order chi connectivity index (χ1) is 5.89. The maximum absolute atomic E-state index is 2.43. The lowest BCUT2D eigenvalue weighted by Crippen LogP contribution is -2.24. The molecule has 1 heterocycles. The molecular formula is C12H23B. The van der Waals surface area contributed by atoms with Gasteiger partial charge in [-0.25, -0.2) is 0 Å². The molecule has 0 atom stereocenters. The second-order valence-electron chi connectivity index (χ2n) is 5.77. The summed E-state index contributed by atoms with van der Waals surface area (Å²) < 4.78 is 0. The van der Waals surface area contributed by atoms with Crippen molar-refractivity contribution in [2.45, 2.75) is 53.7 Å². The molecule has 0 nitrogen and oxygen atoms in total. The van der Waals surface area contributed by atoms with E-state index in [1.54, 1.807) is 0 Å². The molecule has 1 aliphatic rings. The van der Waals surface area contributed by atoms with Gasteiger partial charge in [0.2, 0.25) is 0 Å². The van der Waals surface area contributed by atoms with Crippen molar-refractivity contribution in [2.75, 3.05) is 0 Å². The minimum Gasteiger partial charge on any atom is -0.119 e. The van der Waals surface area contributed by atoms with Gasteiger partial charge >= 0.3 is 0 Å². The van der Waals surface area contributed by atoms with E-state index in [2.05, 4.69) is 46.7 Å². The Bertz CT molecular complexity index is 185. The molecule has 0 saturated carbocycles. The number of allylic oxidation sites excluding steroid dienone is 1. The minimum atomic E-state index is 0.510. The lowest BCUT2D eigenvalue weighted by molar-refractivity contribution is 0.177. The van der Waals surface area contributed by atoms with E-state index in [-0.39, 0.29) is 0 Å². The first kappa shape index (κ1) is 10.9. The molecule has 74 valence electrons. The third-order valence-electron chi connectivity index (χ3n) is 4.02. The summed E-state index contributed by atoms with van der Waals surface area (Å²) in [5.41, 5.74) is 1.02. The molecule has 1 saturated heterocycles. The highest BCUT2D eigenvalue weighted by Crippen LogP contribution is 2.52. The summed E-state index contributed by atoms with van der Waals surface area (Å²) in [7, 11) is 0. The SMILES string of the molecule is CCC=CB1CC(C)(C)C(C)(C)C1. The van der Waals surface area contributed by atoms with Crippen molar-refractivity contribution in [2.24, 2.45) is 10.8 Å². The molecular weight excluding hydrogens is 155 g/mol. The normalized spacial score (nSPS) is 25.8. The second kappa shape index (κ2) is 3.51. The van der Waals surface area contributed by atoms with Crippen LogP contribution in [0.3, 0.4) is 0 Å². The van der Waals surface area contributed by atoms with Gasteiger partial charge in [-0.05, 0) is 17.3 Å². The maximum atomic E-state index is 2.43. The highest BCUT2D eigenvalue weighted by atomic mass is 14.4. The Morgan fingerprint density at radius 1 is 1.08 bits per heavy atom. The fourth-order valence-electron chi connectivity index (χ4n) is 2.40. The van der Waals surface area contributed by atoms with Gasteiger partial charge in [-0.1, -0.05) is 53.3 Å². The molecule has 0 aliphatic carbocycles. The van der Waals surface area contributed by atoms with Gasteiger partial charge in [0, 0.05) is 0 Å². The van der Waals surface area contributed by atoms with Crippen molar-refractivity contribution in [3.8, 4) is 0 Å². The van der Waals surface area contributed by atoms with E-state index in [1.807, 2.05) is 0 Å². The van der Waals surface area contributed by atoms with Crippen LogP contribution in [0.4, 0.5) is 0 Å². The van der Waals surface area contributed by atoms with E-state index >= 15 is 0 Å². The molecule has 1 aliphatic heterocycles. The summed E-state index contributed by atoms with van der Waals surface area (Å²) in [6.45, 7) is 12.7. The van der Waals surface area contributed by atoms with Gasteiger partial charge in [-0.15, -0.1) is 5.98 Å². The predicted octanol–water partition coefficient (Wildman–Crippen LogP) is 4.05. The average molecular weight is 178 g/mol. The monoisotopic (exact) mass is 178 g/mol. The first-order valence-corrected chi connectivity index (χ1v) is 5.56. The molecule has 0 aromatic carbocycles. The molecule has 1 heteroatoms. The van der Waals surface area contributed by atoms with Crippen molar-refractivity contribution in [1.29, 1.82) is 0 Å². The van der Waals surface area contributed by atoms with E-state index in [0.717, 1.165) is 6.71 Å². The van der Waals surface area contributed by atoms with Crippen LogP contribution in [0.25, 0.3) is 0 Å². The molecule has 0 aromatic rings. The van der Waals surface area contributed by atoms with Crippen molar-refractivity contribution in [3.63, 3.8) is 0 Å². The van der Waals surface area contributed by atoms with E-state index in [0.29, 0.717) is 10.8 Å². The van der Waals surface area contributed by atoms with Crippen molar-refractivity contribution < 1.29 is 0 Å². The highest BCUT2D eigenvalue weighted by Gasteiger charge is 2.46. The van der Waals surface area contributed by atoms with Crippen molar-refractivity contribution in [3.05, 3.63) is 12.1 Å². The average Bonchev–Trinajstić information content (AvgIpc) is 2.17. The molecule has 13 heavy (non-hydrogen) atoms. The van der Waals surface area contributed by atoms with E-state index in [9.17, 15) is 0 Å². The molecule has 0 bridgehead atoms. The van der Waals surface area contributed by atoms with Crippen LogP contribution in [0.2, 0.25) is 12.6 Å². The quantitative estimate of drug-likeness (QED) is 0.559. The lowest BCUT2D eigenvalue weighted by Gasteiger charge is -2.35. The van der Waals surface area contributed by atoms with E-state index in [4.69, 9.17) is 0 Å². The first-order valence-electron chi connectivity index (χ1n) is 5.56. The van der Waals surface area contributed by atoms with Crippen LogP contribution in [0.15, 0.2) is 12.1 Å². The Morgan fingerprint density at radius 2 is 1.54 bits per heavy atom. The minimum absolute atomic E-state index is 0.510. The lowest BCUT2D eigenvalue weighted by atomic mass is 9.46. The summed E-state index contributed by atoms with van der Waals surface area (Å²) in [5, 5.41) is 0. The summed E-state index contributed by atoms with van der Waals surface area (Å²) in [4.78, 5) is 0. The van der Waals surface area contributed by atoms with Crippen LogP contribution in [0.1, 0.15) is 41.0 Å². The van der Waals surface area contributed by atoms with Gasteiger partial charge in [0.15, 0.2) is 6.71 Å². The van der Waals surface area contributed by atoms with Crippen LogP contribution in [-0.2, 0) is 0 Å². The predicted molar refractivity (Wildman–Crippen MR) is 62.4 cm³/mol. The van der Waals surface area contributed by atoms with Gasteiger partial charge in [0.05, 0.1) is 0 Å². The van der Waals surface area contributed by atoms with Gasteiger partial charge < -0.3 is 0 Å². The zero-order valence-electron chi connectivity index (χ0n) is 9.85. The fourth-order valence-corrected chi connectivity index (χ4v) is 2.40. The Balaban J connectivity index is 2.65. The molecule has 0 radical (unpaired) electrons. The number of hydrogen-bond donors (Lipinski definition) is 0. The van der Waals surface area contributed by atoms with E-state index in [1.165, 1.54) is 19.1 Å². The molecule has 1 rings (SSSR count). The third kappa shape index (κ3) is 2.18. The summed E-state index contributed by atoms with van der Waals surface area (Å²) in [6, 6.07) is 0. The van der Waals surface area contributed by atoms with Gasteiger partial charge in [0.25, 0.3) is 0 Å². The Labute approximate surface area is 83.9 Å². The summed E-state index contributed by atoms with van der Waals surface area (Å²) in [5.74, 6) is 2.43. The highest BCUT2D eigenvalue weighted by molar-refractivity contribution is 6.65. The van der Waals surface area contributed by atoms with Gasteiger partial charge in [-0.3, -0.25) is 0 Å². The summed E-state index contributed by atoms with van der Waals surface area (Å²) >= 11 is 0. The second-order valence-corrected chi connectivity index (χ2v) is 5.77. The molecule has 0 N–H and O–H groups in total. The molecule has 0 spiro atoms. The molecule has 0 unspecified atom stereocenters. The largest absolute Gasteiger partial charge is 0.167 e. The van der Waals surface area contributed by atoms with Crippen molar-refractivity contribution >= 4 is 6.71 Å². The molecule has 0 aromatic heterocycles.